The van der Waals surface area contributed by atoms with E-state index in [2.05, 4.69) is 21.2 Å². The molecule has 0 aliphatic rings. The second-order valence-corrected chi connectivity index (χ2v) is 4.22. The fourth-order valence-electron chi connectivity index (χ4n) is 1.42. The van der Waals surface area contributed by atoms with Gasteiger partial charge in [-0.05, 0) is 45.8 Å². The maximum Gasteiger partial charge on any atom is 0.169 e. The Morgan fingerprint density at radius 2 is 2.06 bits per heavy atom. The third kappa shape index (κ3) is 3.18. The molecule has 0 aliphatic carbocycles. The summed E-state index contributed by atoms with van der Waals surface area (Å²) in [6.07, 6.45) is 0. The first-order valence-corrected chi connectivity index (χ1v) is 5.73. The summed E-state index contributed by atoms with van der Waals surface area (Å²) in [4.78, 5) is 0. The minimum absolute atomic E-state index is 0.208. The second kappa shape index (κ2) is 5.27. The Morgan fingerprint density at radius 1 is 1.19 bits per heavy atom. The standard InChI is InChI=1S/C12H11BrFNO/c13-12-5-4-11(16-12)8-15-7-9-2-1-3-10(14)6-9/h1-6,15H,7-8H2. The minimum Gasteiger partial charge on any atom is -0.453 e. The lowest BCUT2D eigenvalue weighted by molar-refractivity contribution is 0.465. The second-order valence-electron chi connectivity index (χ2n) is 3.44. The summed E-state index contributed by atoms with van der Waals surface area (Å²) in [6, 6.07) is 10.3. The number of hydrogen-bond donors (Lipinski definition) is 1. The molecule has 2 nitrogen and oxygen atoms in total. The van der Waals surface area contributed by atoms with Crippen molar-refractivity contribution in [2.45, 2.75) is 13.1 Å². The van der Waals surface area contributed by atoms with Gasteiger partial charge >= 0.3 is 0 Å². The van der Waals surface area contributed by atoms with Crippen LogP contribution < -0.4 is 5.32 Å². The molecule has 2 aromatic rings. The van der Waals surface area contributed by atoms with Crippen LogP contribution in [0.1, 0.15) is 11.3 Å². The number of nitrogens with one attached hydrogen (secondary N) is 1. The smallest absolute Gasteiger partial charge is 0.169 e. The van der Waals surface area contributed by atoms with Crippen molar-refractivity contribution in [2.75, 3.05) is 0 Å². The first kappa shape index (κ1) is 11.4. The Labute approximate surface area is 102 Å². The lowest BCUT2D eigenvalue weighted by Gasteiger charge is -2.02. The fourth-order valence-corrected chi connectivity index (χ4v) is 1.76. The number of halogens is 2. The van der Waals surface area contributed by atoms with Gasteiger partial charge in [0.1, 0.15) is 11.6 Å². The van der Waals surface area contributed by atoms with Gasteiger partial charge in [-0.3, -0.25) is 0 Å². The molecule has 0 saturated heterocycles. The summed E-state index contributed by atoms with van der Waals surface area (Å²) < 4.78 is 18.9. The van der Waals surface area contributed by atoms with Crippen molar-refractivity contribution in [3.63, 3.8) is 0 Å². The van der Waals surface area contributed by atoms with Crippen molar-refractivity contribution < 1.29 is 8.81 Å². The average Bonchev–Trinajstić information content (AvgIpc) is 2.64. The number of furan rings is 1. The van der Waals surface area contributed by atoms with Gasteiger partial charge < -0.3 is 9.73 Å². The number of benzene rings is 1. The van der Waals surface area contributed by atoms with Crippen LogP contribution in [0.2, 0.25) is 0 Å². The van der Waals surface area contributed by atoms with E-state index in [4.69, 9.17) is 4.42 Å². The van der Waals surface area contributed by atoms with Crippen LogP contribution in [-0.2, 0) is 13.1 Å². The highest BCUT2D eigenvalue weighted by Gasteiger charge is 1.99. The van der Waals surface area contributed by atoms with Crippen molar-refractivity contribution in [3.8, 4) is 0 Å². The maximum atomic E-state index is 12.9. The Balaban J connectivity index is 1.84. The summed E-state index contributed by atoms with van der Waals surface area (Å²) in [7, 11) is 0. The van der Waals surface area contributed by atoms with Crippen LogP contribution in [0.15, 0.2) is 45.5 Å². The summed E-state index contributed by atoms with van der Waals surface area (Å²) in [5.41, 5.74) is 0.922. The van der Waals surface area contributed by atoms with Crippen molar-refractivity contribution in [2.24, 2.45) is 0 Å². The van der Waals surface area contributed by atoms with E-state index in [0.29, 0.717) is 13.1 Å². The normalized spacial score (nSPS) is 10.6. The largest absolute Gasteiger partial charge is 0.453 e. The van der Waals surface area contributed by atoms with Gasteiger partial charge in [-0.15, -0.1) is 0 Å². The lowest BCUT2D eigenvalue weighted by Crippen LogP contribution is -2.12. The van der Waals surface area contributed by atoms with Gasteiger partial charge in [0.05, 0.1) is 6.54 Å². The molecule has 0 spiro atoms. The van der Waals surface area contributed by atoms with Gasteiger partial charge in [0.25, 0.3) is 0 Å². The first-order valence-electron chi connectivity index (χ1n) is 4.93. The topological polar surface area (TPSA) is 25.2 Å². The molecule has 1 N–H and O–H groups in total. The molecule has 16 heavy (non-hydrogen) atoms. The zero-order chi connectivity index (χ0) is 11.4. The van der Waals surface area contributed by atoms with Crippen molar-refractivity contribution in [1.29, 1.82) is 0 Å². The zero-order valence-corrected chi connectivity index (χ0v) is 10.1. The molecule has 84 valence electrons. The van der Waals surface area contributed by atoms with E-state index in [0.717, 1.165) is 16.0 Å². The van der Waals surface area contributed by atoms with Gasteiger partial charge in [0.15, 0.2) is 4.67 Å². The quantitative estimate of drug-likeness (QED) is 0.930. The molecule has 1 heterocycles. The predicted octanol–water partition coefficient (Wildman–Crippen LogP) is 3.47. The van der Waals surface area contributed by atoms with Crippen LogP contribution >= 0.6 is 15.9 Å². The van der Waals surface area contributed by atoms with E-state index in [9.17, 15) is 4.39 Å². The Hall–Kier alpha value is -1.13. The van der Waals surface area contributed by atoms with E-state index in [1.165, 1.54) is 12.1 Å². The molecule has 0 bridgehead atoms. The van der Waals surface area contributed by atoms with Crippen molar-refractivity contribution >= 4 is 15.9 Å². The monoisotopic (exact) mass is 283 g/mol. The van der Waals surface area contributed by atoms with Crippen LogP contribution in [-0.4, -0.2) is 0 Å². The highest BCUT2D eigenvalue weighted by molar-refractivity contribution is 9.10. The molecule has 2 rings (SSSR count). The van der Waals surface area contributed by atoms with E-state index in [1.807, 2.05) is 18.2 Å². The van der Waals surface area contributed by atoms with Crippen LogP contribution in [0.5, 0.6) is 0 Å². The van der Waals surface area contributed by atoms with E-state index >= 15 is 0 Å². The molecule has 0 radical (unpaired) electrons. The number of rotatable bonds is 4. The molecule has 0 fully saturated rings. The van der Waals surface area contributed by atoms with Gasteiger partial charge in [-0.1, -0.05) is 12.1 Å². The van der Waals surface area contributed by atoms with Crippen LogP contribution in [0.4, 0.5) is 4.39 Å². The van der Waals surface area contributed by atoms with Crippen molar-refractivity contribution in [1.82, 2.24) is 5.32 Å². The predicted molar refractivity (Wildman–Crippen MR) is 63.4 cm³/mol. The van der Waals surface area contributed by atoms with Crippen molar-refractivity contribution in [3.05, 3.63) is 58.2 Å². The highest BCUT2D eigenvalue weighted by atomic mass is 79.9. The third-order valence-corrected chi connectivity index (χ3v) is 2.57. The minimum atomic E-state index is -0.208. The molecule has 4 heteroatoms. The van der Waals surface area contributed by atoms with Gasteiger partial charge in [0.2, 0.25) is 0 Å². The molecule has 0 unspecified atom stereocenters. The molecule has 1 aromatic heterocycles. The molecular formula is C12H11BrFNO. The summed E-state index contributed by atoms with van der Waals surface area (Å²) in [5, 5.41) is 3.18. The number of hydrogen-bond acceptors (Lipinski definition) is 2. The highest BCUT2D eigenvalue weighted by Crippen LogP contribution is 2.13. The fraction of sp³-hybridized carbons (Fsp3) is 0.167. The third-order valence-electron chi connectivity index (χ3n) is 2.15. The zero-order valence-electron chi connectivity index (χ0n) is 8.54. The Morgan fingerprint density at radius 3 is 2.75 bits per heavy atom. The molecular weight excluding hydrogens is 273 g/mol. The molecule has 1 aromatic carbocycles. The van der Waals surface area contributed by atoms with Crippen LogP contribution in [0.25, 0.3) is 0 Å². The van der Waals surface area contributed by atoms with E-state index in [-0.39, 0.29) is 5.82 Å². The van der Waals surface area contributed by atoms with Gasteiger partial charge in [-0.2, -0.15) is 0 Å². The Kier molecular flexibility index (Phi) is 3.74. The van der Waals surface area contributed by atoms with E-state index < -0.39 is 0 Å². The lowest BCUT2D eigenvalue weighted by atomic mass is 10.2. The van der Waals surface area contributed by atoms with Crippen LogP contribution in [0.3, 0.4) is 0 Å². The van der Waals surface area contributed by atoms with Crippen LogP contribution in [0, 0.1) is 5.82 Å². The summed E-state index contributed by atoms with van der Waals surface area (Å²) in [5.74, 6) is 0.642. The maximum absolute atomic E-state index is 12.9. The molecule has 0 aliphatic heterocycles. The summed E-state index contributed by atoms with van der Waals surface area (Å²) >= 11 is 3.23. The molecule has 0 saturated carbocycles. The Bertz CT molecular complexity index is 470. The SMILES string of the molecule is Fc1cccc(CNCc2ccc(Br)o2)c1. The van der Waals surface area contributed by atoms with Gasteiger partial charge in [-0.25, -0.2) is 4.39 Å². The first-order chi connectivity index (χ1) is 7.74. The average molecular weight is 284 g/mol. The van der Waals surface area contributed by atoms with Gasteiger partial charge in [0, 0.05) is 6.54 Å². The molecule has 0 amide bonds. The molecule has 0 atom stereocenters. The van der Waals surface area contributed by atoms with E-state index in [1.54, 1.807) is 6.07 Å². The summed E-state index contributed by atoms with van der Waals surface area (Å²) in [6.45, 7) is 1.25.